The summed E-state index contributed by atoms with van der Waals surface area (Å²) in [4.78, 5) is 12.9. The molecule has 0 saturated carbocycles. The monoisotopic (exact) mass is 201 g/mol. The fourth-order valence-corrected chi connectivity index (χ4v) is 1.86. The van der Waals surface area contributed by atoms with Gasteiger partial charge in [-0.2, -0.15) is 0 Å². The van der Waals surface area contributed by atoms with Crippen molar-refractivity contribution in [2.24, 2.45) is 0 Å². The molecule has 82 valence electrons. The molecule has 0 spiro atoms. The molecular weight excluding hydrogens is 182 g/mol. The average molecular weight is 201 g/mol. The van der Waals surface area contributed by atoms with Crippen molar-refractivity contribution in [3.63, 3.8) is 0 Å². The second-order valence-corrected chi connectivity index (χ2v) is 3.82. The number of nitrogens with zero attached hydrogens (tertiary/aromatic N) is 1. The molecule has 1 rings (SSSR count). The van der Waals surface area contributed by atoms with E-state index < -0.39 is 5.97 Å². The van der Waals surface area contributed by atoms with Crippen molar-refractivity contribution in [3.8, 4) is 0 Å². The number of carbonyl (C=O) groups is 1. The smallest absolute Gasteiger partial charge is 0.305 e. The number of carboxylic acids is 1. The van der Waals surface area contributed by atoms with E-state index in [9.17, 15) is 4.79 Å². The van der Waals surface area contributed by atoms with Gasteiger partial charge >= 0.3 is 5.97 Å². The van der Waals surface area contributed by atoms with Gasteiger partial charge in [0.25, 0.3) is 0 Å². The quantitative estimate of drug-likeness (QED) is 0.736. The highest BCUT2D eigenvalue weighted by atomic mass is 16.5. The van der Waals surface area contributed by atoms with Crippen LogP contribution in [0.25, 0.3) is 0 Å². The molecule has 4 nitrogen and oxygen atoms in total. The van der Waals surface area contributed by atoms with Crippen LogP contribution in [0.5, 0.6) is 0 Å². The first kappa shape index (κ1) is 11.5. The van der Waals surface area contributed by atoms with Crippen LogP contribution < -0.4 is 0 Å². The van der Waals surface area contributed by atoms with Crippen LogP contribution in [0.3, 0.4) is 0 Å². The lowest BCUT2D eigenvalue weighted by molar-refractivity contribution is -0.140. The minimum absolute atomic E-state index is 0.0520. The molecule has 1 saturated heterocycles. The van der Waals surface area contributed by atoms with Gasteiger partial charge in [0.05, 0.1) is 19.6 Å². The van der Waals surface area contributed by atoms with E-state index in [1.165, 1.54) is 0 Å². The standard InChI is InChI=1S/C10H19NO3/c1-3-8(2)11-4-5-14-7-9(11)6-10(12)13/h8-9H,3-7H2,1-2H3,(H,12,13). The molecular formula is C10H19NO3. The van der Waals surface area contributed by atoms with E-state index in [4.69, 9.17) is 9.84 Å². The van der Waals surface area contributed by atoms with Crippen molar-refractivity contribution in [1.29, 1.82) is 0 Å². The van der Waals surface area contributed by atoms with Crippen LogP contribution >= 0.6 is 0 Å². The first-order chi connectivity index (χ1) is 6.65. The molecule has 0 aromatic heterocycles. The number of rotatable bonds is 4. The van der Waals surface area contributed by atoms with E-state index in [0.29, 0.717) is 12.6 Å². The van der Waals surface area contributed by atoms with E-state index in [-0.39, 0.29) is 12.5 Å². The second kappa shape index (κ2) is 5.32. The Bertz CT molecular complexity index is 196. The zero-order valence-electron chi connectivity index (χ0n) is 8.90. The summed E-state index contributed by atoms with van der Waals surface area (Å²) in [6.45, 7) is 6.39. The summed E-state index contributed by atoms with van der Waals surface area (Å²) in [6, 6.07) is 0.499. The summed E-state index contributed by atoms with van der Waals surface area (Å²) in [5.41, 5.74) is 0. The number of aliphatic carboxylic acids is 1. The molecule has 0 amide bonds. The van der Waals surface area contributed by atoms with Crippen molar-refractivity contribution >= 4 is 5.97 Å². The Balaban J connectivity index is 2.54. The van der Waals surface area contributed by atoms with Gasteiger partial charge in [-0.3, -0.25) is 9.69 Å². The lowest BCUT2D eigenvalue weighted by Crippen LogP contribution is -2.50. The third kappa shape index (κ3) is 2.96. The Morgan fingerprint density at radius 3 is 3.00 bits per heavy atom. The molecule has 2 atom stereocenters. The van der Waals surface area contributed by atoms with Gasteiger partial charge in [0.2, 0.25) is 0 Å². The normalized spacial score (nSPS) is 26.0. The third-order valence-corrected chi connectivity index (χ3v) is 2.84. The van der Waals surface area contributed by atoms with E-state index in [1.54, 1.807) is 0 Å². The molecule has 1 N–H and O–H groups in total. The van der Waals surface area contributed by atoms with E-state index in [2.05, 4.69) is 18.7 Å². The zero-order valence-corrected chi connectivity index (χ0v) is 8.90. The van der Waals surface area contributed by atoms with Crippen LogP contribution in [0.1, 0.15) is 26.7 Å². The minimum atomic E-state index is -0.742. The maximum atomic E-state index is 10.6. The van der Waals surface area contributed by atoms with Crippen LogP contribution in [-0.4, -0.2) is 47.8 Å². The van der Waals surface area contributed by atoms with Crippen LogP contribution in [0.2, 0.25) is 0 Å². The van der Waals surface area contributed by atoms with Gasteiger partial charge in [-0.05, 0) is 13.3 Å². The van der Waals surface area contributed by atoms with Gasteiger partial charge in [-0.25, -0.2) is 0 Å². The number of ether oxygens (including phenoxy) is 1. The summed E-state index contributed by atoms with van der Waals surface area (Å²) in [6.07, 6.45) is 1.24. The highest BCUT2D eigenvalue weighted by molar-refractivity contribution is 5.67. The lowest BCUT2D eigenvalue weighted by atomic mass is 10.1. The molecule has 1 fully saturated rings. The average Bonchev–Trinajstić information content (AvgIpc) is 2.16. The van der Waals surface area contributed by atoms with Gasteiger partial charge < -0.3 is 9.84 Å². The molecule has 4 heteroatoms. The van der Waals surface area contributed by atoms with Crippen LogP contribution in [0.15, 0.2) is 0 Å². The Morgan fingerprint density at radius 1 is 1.71 bits per heavy atom. The predicted molar refractivity (Wildman–Crippen MR) is 53.3 cm³/mol. The van der Waals surface area contributed by atoms with Gasteiger partial charge in [0.15, 0.2) is 0 Å². The zero-order chi connectivity index (χ0) is 10.6. The summed E-state index contributed by atoms with van der Waals surface area (Å²) < 4.78 is 5.30. The fraction of sp³-hybridized carbons (Fsp3) is 0.900. The number of hydrogen-bond donors (Lipinski definition) is 1. The molecule has 1 aliphatic heterocycles. The summed E-state index contributed by atoms with van der Waals surface area (Å²) in [5, 5.41) is 8.76. The first-order valence-corrected chi connectivity index (χ1v) is 5.20. The summed E-state index contributed by atoms with van der Waals surface area (Å²) in [7, 11) is 0. The van der Waals surface area contributed by atoms with Crippen molar-refractivity contribution < 1.29 is 14.6 Å². The highest BCUT2D eigenvalue weighted by Crippen LogP contribution is 2.15. The van der Waals surface area contributed by atoms with E-state index in [0.717, 1.165) is 19.6 Å². The van der Waals surface area contributed by atoms with Crippen molar-refractivity contribution in [3.05, 3.63) is 0 Å². The molecule has 1 aliphatic rings. The Kier molecular flexibility index (Phi) is 4.35. The largest absolute Gasteiger partial charge is 0.481 e. The van der Waals surface area contributed by atoms with Gasteiger partial charge in [0, 0.05) is 18.6 Å². The first-order valence-electron chi connectivity index (χ1n) is 5.20. The highest BCUT2D eigenvalue weighted by Gasteiger charge is 2.27. The van der Waals surface area contributed by atoms with Crippen molar-refractivity contribution in [2.75, 3.05) is 19.8 Å². The van der Waals surface area contributed by atoms with Crippen LogP contribution in [0.4, 0.5) is 0 Å². The molecule has 0 aromatic carbocycles. The third-order valence-electron chi connectivity index (χ3n) is 2.84. The predicted octanol–water partition coefficient (Wildman–Crippen LogP) is 0.960. The maximum absolute atomic E-state index is 10.6. The van der Waals surface area contributed by atoms with Gasteiger partial charge in [-0.15, -0.1) is 0 Å². The van der Waals surface area contributed by atoms with Crippen molar-refractivity contribution in [1.82, 2.24) is 4.90 Å². The lowest BCUT2D eigenvalue weighted by Gasteiger charge is -2.38. The molecule has 0 aromatic rings. The topological polar surface area (TPSA) is 49.8 Å². The molecule has 0 radical (unpaired) electrons. The summed E-state index contributed by atoms with van der Waals surface area (Å²) in [5.74, 6) is -0.742. The van der Waals surface area contributed by atoms with Gasteiger partial charge in [0.1, 0.15) is 0 Å². The number of hydrogen-bond acceptors (Lipinski definition) is 3. The number of carboxylic acid groups (broad SMARTS) is 1. The second-order valence-electron chi connectivity index (χ2n) is 3.82. The Hall–Kier alpha value is -0.610. The van der Waals surface area contributed by atoms with Gasteiger partial charge in [-0.1, -0.05) is 6.92 Å². The Labute approximate surface area is 84.8 Å². The fourth-order valence-electron chi connectivity index (χ4n) is 1.86. The minimum Gasteiger partial charge on any atom is -0.481 e. The van der Waals surface area contributed by atoms with E-state index in [1.807, 2.05) is 0 Å². The molecule has 0 bridgehead atoms. The SMILES string of the molecule is CCC(C)N1CCOCC1CC(=O)O. The maximum Gasteiger partial charge on any atom is 0.305 e. The molecule has 0 aliphatic carbocycles. The molecule has 1 heterocycles. The Morgan fingerprint density at radius 2 is 2.43 bits per heavy atom. The summed E-state index contributed by atoms with van der Waals surface area (Å²) >= 11 is 0. The van der Waals surface area contributed by atoms with Crippen molar-refractivity contribution in [2.45, 2.75) is 38.8 Å². The molecule has 2 unspecified atom stereocenters. The van der Waals surface area contributed by atoms with Crippen LogP contribution in [-0.2, 0) is 9.53 Å². The van der Waals surface area contributed by atoms with Crippen LogP contribution in [0, 0.1) is 0 Å². The van der Waals surface area contributed by atoms with E-state index >= 15 is 0 Å². The number of morpholine rings is 1. The molecule has 14 heavy (non-hydrogen) atoms.